The van der Waals surface area contributed by atoms with Crippen molar-refractivity contribution >= 4 is 39.8 Å². The molecular weight excluding hydrogens is 640 g/mol. The first-order valence-corrected chi connectivity index (χ1v) is 16.6. The molecule has 6 rings (SSSR count). The summed E-state index contributed by atoms with van der Waals surface area (Å²) in [5.74, 6) is -1.63. The number of fused-ring (bicyclic) bond motifs is 2. The molecule has 0 saturated carbocycles. The highest BCUT2D eigenvalue weighted by Crippen LogP contribution is 2.38. The number of rotatable bonds is 9. The van der Waals surface area contributed by atoms with Gasteiger partial charge in [-0.15, -0.1) is 0 Å². The molecule has 0 spiro atoms. The first-order chi connectivity index (χ1) is 23.1. The minimum atomic E-state index is -1.04. The third-order valence-corrected chi connectivity index (χ3v) is 10.0. The molecule has 0 aliphatic carbocycles. The number of hydrogen-bond donors (Lipinski definition) is 0. The molecule has 0 bridgehead atoms. The number of amides is 1. The third kappa shape index (κ3) is 6.64. The number of aromatic nitrogens is 2. The standard InChI is InChI=1S/C35H40ClF2N7O3/c1-21(2)45-18-26(47-5)15-24(45)20-48-35-40-29-19-42(30-8-6-7-23-9-10-28(38)32(36)31(23)30)12-11-27(29)33(41-35)43-13-14-44(34(46)22(3)37)25(17-43)16-39-4/h6-10,21,24-26H,3,11-20H2,1-2,5H3/t24-,25-,26+/m0/s1. The molecule has 0 radical (unpaired) electrons. The van der Waals surface area contributed by atoms with Crippen LogP contribution in [0.3, 0.4) is 0 Å². The maximum Gasteiger partial charge on any atom is 0.318 e. The number of nitrogens with zero attached hydrogens (tertiary/aromatic N) is 7. The Balaban J connectivity index is 1.34. The van der Waals surface area contributed by atoms with Gasteiger partial charge in [-0.1, -0.05) is 36.4 Å². The number of benzene rings is 2. The van der Waals surface area contributed by atoms with Gasteiger partial charge in [-0.2, -0.15) is 9.97 Å². The second kappa shape index (κ2) is 14.2. The fourth-order valence-electron chi connectivity index (χ4n) is 7.24. The maximum atomic E-state index is 14.6. The molecule has 254 valence electrons. The van der Waals surface area contributed by atoms with Crippen molar-refractivity contribution in [1.29, 1.82) is 0 Å². The van der Waals surface area contributed by atoms with E-state index < -0.39 is 23.6 Å². The second-order valence-corrected chi connectivity index (χ2v) is 13.2. The van der Waals surface area contributed by atoms with Crippen molar-refractivity contribution in [1.82, 2.24) is 19.8 Å². The number of likely N-dealkylation sites (tertiary alicyclic amines) is 1. The van der Waals surface area contributed by atoms with Crippen LogP contribution in [0.4, 0.5) is 20.3 Å². The predicted molar refractivity (Wildman–Crippen MR) is 182 cm³/mol. The highest BCUT2D eigenvalue weighted by molar-refractivity contribution is 6.36. The Kier molecular flexibility index (Phi) is 10.0. The van der Waals surface area contributed by atoms with Gasteiger partial charge in [-0.25, -0.2) is 15.4 Å². The zero-order valence-corrected chi connectivity index (χ0v) is 28.2. The molecular formula is C35H40ClF2N7O3. The number of halogens is 3. The lowest BCUT2D eigenvalue weighted by molar-refractivity contribution is -0.131. The van der Waals surface area contributed by atoms with Gasteiger partial charge in [0.15, 0.2) is 5.83 Å². The van der Waals surface area contributed by atoms with E-state index in [-0.39, 0.29) is 36.3 Å². The number of carbonyl (C=O) groups excluding carboxylic acids is 1. The summed E-state index contributed by atoms with van der Waals surface area (Å²) >= 11 is 6.51. The van der Waals surface area contributed by atoms with Crippen molar-refractivity contribution in [3.8, 4) is 6.01 Å². The van der Waals surface area contributed by atoms with E-state index in [0.29, 0.717) is 56.5 Å². The normalized spacial score (nSPS) is 21.5. The van der Waals surface area contributed by atoms with E-state index in [4.69, 9.17) is 37.6 Å². The molecule has 10 nitrogen and oxygen atoms in total. The summed E-state index contributed by atoms with van der Waals surface area (Å²) in [4.78, 5) is 33.9. The average Bonchev–Trinajstić information content (AvgIpc) is 3.52. The van der Waals surface area contributed by atoms with Gasteiger partial charge in [0.2, 0.25) is 6.54 Å². The molecule has 3 aliphatic heterocycles. The predicted octanol–water partition coefficient (Wildman–Crippen LogP) is 5.28. The highest BCUT2D eigenvalue weighted by Gasteiger charge is 2.37. The number of methoxy groups -OCH3 is 1. The van der Waals surface area contributed by atoms with Crippen LogP contribution in [0.2, 0.25) is 5.02 Å². The molecule has 0 unspecified atom stereocenters. The van der Waals surface area contributed by atoms with E-state index in [2.05, 4.69) is 35.1 Å². The number of piperazine rings is 1. The van der Waals surface area contributed by atoms with Crippen molar-refractivity contribution in [3.05, 3.63) is 76.3 Å². The van der Waals surface area contributed by atoms with E-state index in [1.807, 2.05) is 23.1 Å². The van der Waals surface area contributed by atoms with Gasteiger partial charge in [0.1, 0.15) is 24.3 Å². The minimum absolute atomic E-state index is 0.0196. The first kappa shape index (κ1) is 33.8. The lowest BCUT2D eigenvalue weighted by Gasteiger charge is -2.41. The van der Waals surface area contributed by atoms with Crippen LogP contribution in [0.15, 0.2) is 42.7 Å². The van der Waals surface area contributed by atoms with Crippen LogP contribution in [-0.4, -0.2) is 103 Å². The van der Waals surface area contributed by atoms with Crippen LogP contribution in [0.5, 0.6) is 6.01 Å². The topological polar surface area (TPSA) is 78.6 Å². The summed E-state index contributed by atoms with van der Waals surface area (Å²) in [6.45, 7) is 18.1. The van der Waals surface area contributed by atoms with E-state index in [9.17, 15) is 13.6 Å². The molecule has 48 heavy (non-hydrogen) atoms. The Bertz CT molecular complexity index is 1750. The molecule has 3 atom stereocenters. The molecule has 2 saturated heterocycles. The van der Waals surface area contributed by atoms with Gasteiger partial charge >= 0.3 is 6.01 Å². The van der Waals surface area contributed by atoms with Crippen molar-refractivity contribution < 1.29 is 23.0 Å². The Morgan fingerprint density at radius 3 is 2.69 bits per heavy atom. The highest BCUT2D eigenvalue weighted by atomic mass is 35.5. The molecule has 1 aromatic heterocycles. The second-order valence-electron chi connectivity index (χ2n) is 12.9. The Labute approximate surface area is 284 Å². The largest absolute Gasteiger partial charge is 0.462 e. The van der Waals surface area contributed by atoms with Crippen LogP contribution in [0.25, 0.3) is 15.6 Å². The zero-order valence-electron chi connectivity index (χ0n) is 27.5. The van der Waals surface area contributed by atoms with Crippen LogP contribution < -0.4 is 14.5 Å². The third-order valence-electron chi connectivity index (χ3n) is 9.67. The molecule has 2 aromatic carbocycles. The van der Waals surface area contributed by atoms with E-state index in [0.717, 1.165) is 35.3 Å². The van der Waals surface area contributed by atoms with E-state index in [1.54, 1.807) is 13.2 Å². The van der Waals surface area contributed by atoms with Gasteiger partial charge in [0.05, 0.1) is 23.4 Å². The summed E-state index contributed by atoms with van der Waals surface area (Å²) < 4.78 is 40.5. The summed E-state index contributed by atoms with van der Waals surface area (Å²) in [5.41, 5.74) is 2.52. The zero-order chi connectivity index (χ0) is 34.1. The number of anilines is 2. The SMILES string of the molecule is [C-]#[N+]C[C@H]1CN(c2nc(OC[C@@H]3C[C@@H](OC)CN3C(C)C)nc3c2CCN(c2cccc4ccc(F)c(Cl)c24)C3)CCN1C(=O)C(=C)F. The van der Waals surface area contributed by atoms with Crippen molar-refractivity contribution in [2.75, 3.05) is 62.8 Å². The molecule has 0 N–H and O–H groups in total. The maximum absolute atomic E-state index is 14.6. The molecule has 2 fully saturated rings. The molecule has 4 heterocycles. The quantitative estimate of drug-likeness (QED) is 0.223. The van der Waals surface area contributed by atoms with Crippen LogP contribution in [-0.2, 0) is 22.5 Å². The van der Waals surface area contributed by atoms with Crippen molar-refractivity contribution in [2.24, 2.45) is 0 Å². The van der Waals surface area contributed by atoms with E-state index >= 15 is 0 Å². The summed E-state index contributed by atoms with van der Waals surface area (Å²) in [6, 6.07) is 9.00. The number of carbonyl (C=O) groups is 1. The van der Waals surface area contributed by atoms with Gasteiger partial charge in [0, 0.05) is 68.6 Å². The fourth-order valence-corrected chi connectivity index (χ4v) is 7.51. The van der Waals surface area contributed by atoms with Gasteiger partial charge in [-0.05, 0) is 44.2 Å². The number of hydrogen-bond acceptors (Lipinski definition) is 8. The van der Waals surface area contributed by atoms with Gasteiger partial charge in [-0.3, -0.25) is 9.69 Å². The minimum Gasteiger partial charge on any atom is -0.462 e. The van der Waals surface area contributed by atoms with Crippen LogP contribution in [0.1, 0.15) is 31.5 Å². The Hall–Kier alpha value is -4.05. The van der Waals surface area contributed by atoms with E-state index in [1.165, 1.54) is 11.0 Å². The monoisotopic (exact) mass is 679 g/mol. The molecule has 13 heteroatoms. The summed E-state index contributed by atoms with van der Waals surface area (Å²) in [5, 5.41) is 1.57. The number of ether oxygens (including phenoxy) is 2. The molecule has 3 aromatic rings. The Morgan fingerprint density at radius 2 is 1.96 bits per heavy atom. The first-order valence-electron chi connectivity index (χ1n) is 16.3. The van der Waals surface area contributed by atoms with Gasteiger partial charge < -0.3 is 29.0 Å². The smallest absolute Gasteiger partial charge is 0.318 e. The lowest BCUT2D eigenvalue weighted by atomic mass is 10.0. The van der Waals surface area contributed by atoms with Gasteiger partial charge in [0.25, 0.3) is 5.91 Å². The summed E-state index contributed by atoms with van der Waals surface area (Å²) in [7, 11) is 1.73. The molecule has 3 aliphatic rings. The fraction of sp³-hybridized carbons (Fsp3) is 0.486. The lowest BCUT2D eigenvalue weighted by Crippen LogP contribution is -2.57. The summed E-state index contributed by atoms with van der Waals surface area (Å²) in [6.07, 6.45) is 1.53. The van der Waals surface area contributed by atoms with Crippen molar-refractivity contribution in [2.45, 2.75) is 57.5 Å². The molecule has 1 amide bonds. The van der Waals surface area contributed by atoms with Crippen LogP contribution in [0, 0.1) is 12.4 Å². The van der Waals surface area contributed by atoms with Crippen LogP contribution >= 0.6 is 11.6 Å². The average molecular weight is 680 g/mol. The van der Waals surface area contributed by atoms with Crippen molar-refractivity contribution in [3.63, 3.8) is 0 Å². The Morgan fingerprint density at radius 1 is 1.15 bits per heavy atom.